The molecule has 2 aromatic heterocycles. The van der Waals surface area contributed by atoms with Crippen LogP contribution in [0.15, 0.2) is 231 Å². The van der Waals surface area contributed by atoms with Crippen molar-refractivity contribution in [2.45, 2.75) is 5.41 Å². The highest BCUT2D eigenvalue weighted by Crippen LogP contribution is 2.59. The zero-order chi connectivity index (χ0) is 40.1. The van der Waals surface area contributed by atoms with Crippen LogP contribution >= 0.6 is 0 Å². The van der Waals surface area contributed by atoms with Gasteiger partial charge < -0.3 is 9.30 Å². The van der Waals surface area contributed by atoms with E-state index in [2.05, 4.69) is 240 Å². The summed E-state index contributed by atoms with van der Waals surface area (Å²) in [5, 5.41) is 7.66. The van der Waals surface area contributed by atoms with Crippen LogP contribution in [0.25, 0.3) is 71.1 Å². The molecule has 2 heterocycles. The summed E-state index contributed by atoms with van der Waals surface area (Å²) in [4.78, 5) is 2.51. The number of fused-ring (bicyclic) bond motifs is 9. The largest absolute Gasteiger partial charge is 0.310 e. The first kappa shape index (κ1) is 34.0. The second-order valence-electron chi connectivity index (χ2n) is 16.4. The minimum absolute atomic E-state index is 0.513. The lowest BCUT2D eigenvalue weighted by Gasteiger charge is -2.34. The summed E-state index contributed by atoms with van der Waals surface area (Å²) in [5.74, 6) is 0. The number of rotatable bonds is 6. The van der Waals surface area contributed by atoms with Crippen molar-refractivity contribution in [3.05, 3.63) is 253 Å². The van der Waals surface area contributed by atoms with Crippen LogP contribution in [0.5, 0.6) is 0 Å². The fourth-order valence-electron chi connectivity index (χ4n) is 10.9. The van der Waals surface area contributed by atoms with Crippen LogP contribution < -0.4 is 4.90 Å². The Morgan fingerprint density at radius 3 is 1.82 bits per heavy atom. The minimum atomic E-state index is -0.513. The van der Waals surface area contributed by atoms with Gasteiger partial charge in [-0.3, -0.25) is 0 Å². The molecule has 1 aliphatic carbocycles. The van der Waals surface area contributed by atoms with Crippen molar-refractivity contribution >= 4 is 65.9 Å². The van der Waals surface area contributed by atoms with Gasteiger partial charge in [-0.25, -0.2) is 0 Å². The average Bonchev–Trinajstić information content (AvgIpc) is 3.84. The van der Waals surface area contributed by atoms with E-state index >= 15 is 0 Å². The Hall–Kier alpha value is -7.94. The van der Waals surface area contributed by atoms with E-state index in [9.17, 15) is 0 Å². The Kier molecular flexibility index (Phi) is 7.26. The molecule has 0 aliphatic heterocycles. The average molecular weight is 775 g/mol. The molecule has 61 heavy (non-hydrogen) atoms. The van der Waals surface area contributed by atoms with Crippen LogP contribution in [-0.2, 0) is 5.41 Å². The van der Waals surface area contributed by atoms with Crippen molar-refractivity contribution in [2.75, 3.05) is 4.90 Å². The van der Waals surface area contributed by atoms with Crippen molar-refractivity contribution in [2.24, 2.45) is 0 Å². The van der Waals surface area contributed by atoms with Crippen LogP contribution in [0.4, 0.5) is 17.1 Å². The zero-order valence-electron chi connectivity index (χ0n) is 33.3. The number of nitrogens with zero attached hydrogens (tertiary/aromatic N) is 2. The lowest BCUT2D eigenvalue weighted by molar-refractivity contribution is 0.768. The smallest absolute Gasteiger partial charge is 0.0714 e. The van der Waals surface area contributed by atoms with Gasteiger partial charge in [-0.2, -0.15) is 0 Å². The maximum absolute atomic E-state index is 2.51. The third-order valence-electron chi connectivity index (χ3n) is 13.4. The molecule has 0 bridgehead atoms. The molecule has 0 amide bonds. The van der Waals surface area contributed by atoms with E-state index in [0.717, 1.165) is 17.1 Å². The highest BCUT2D eigenvalue weighted by atomic mass is 15.1. The lowest BCUT2D eigenvalue weighted by atomic mass is 9.68. The number of hydrogen-bond acceptors (Lipinski definition) is 1. The summed E-state index contributed by atoms with van der Waals surface area (Å²) in [5.41, 5.74) is 16.5. The molecule has 0 saturated heterocycles. The van der Waals surface area contributed by atoms with E-state index < -0.39 is 5.41 Å². The molecule has 284 valence electrons. The fraction of sp³-hybridized carbons (Fsp3) is 0.0169. The second-order valence-corrected chi connectivity index (χ2v) is 16.4. The third kappa shape index (κ3) is 4.73. The van der Waals surface area contributed by atoms with Gasteiger partial charge in [0.05, 0.1) is 27.7 Å². The van der Waals surface area contributed by atoms with Crippen LogP contribution in [0, 0.1) is 0 Å². The third-order valence-corrected chi connectivity index (χ3v) is 13.4. The van der Waals surface area contributed by atoms with Gasteiger partial charge in [-0.1, -0.05) is 188 Å². The molecule has 10 aromatic carbocycles. The number of anilines is 3. The SMILES string of the molecule is c1ccc(-c2cccc(N(c3ccc4c(c3)c3ccc5cccc6c7ccccc7n4c3c56)c3cccc4c3-c3ccccc3C4(c3ccccc3)c3ccccc3)c2)cc1. The van der Waals surface area contributed by atoms with Gasteiger partial charge >= 0.3 is 0 Å². The Balaban J connectivity index is 1.13. The second kappa shape index (κ2) is 13.0. The van der Waals surface area contributed by atoms with Gasteiger partial charge in [0.2, 0.25) is 0 Å². The van der Waals surface area contributed by atoms with Crippen molar-refractivity contribution in [3.8, 4) is 22.3 Å². The molecular weight excluding hydrogens is 737 g/mol. The summed E-state index contributed by atoms with van der Waals surface area (Å²) in [7, 11) is 0. The van der Waals surface area contributed by atoms with E-state index in [1.165, 1.54) is 93.4 Å². The van der Waals surface area contributed by atoms with Gasteiger partial charge in [0.1, 0.15) is 0 Å². The molecule has 0 saturated carbocycles. The molecule has 0 atom stereocenters. The summed E-state index contributed by atoms with van der Waals surface area (Å²) in [6, 6.07) is 85.4. The van der Waals surface area contributed by atoms with Gasteiger partial charge in [0, 0.05) is 38.5 Å². The van der Waals surface area contributed by atoms with E-state index in [-0.39, 0.29) is 0 Å². The number of para-hydroxylation sites is 1. The Labute approximate surface area is 354 Å². The Bertz CT molecular complexity index is 3590. The summed E-state index contributed by atoms with van der Waals surface area (Å²) in [6.07, 6.45) is 0. The normalized spacial score (nSPS) is 13.0. The molecule has 0 spiro atoms. The predicted octanol–water partition coefficient (Wildman–Crippen LogP) is 15.5. The lowest BCUT2D eigenvalue weighted by Crippen LogP contribution is -2.28. The molecule has 13 rings (SSSR count). The molecule has 0 fully saturated rings. The molecule has 1 aliphatic rings. The predicted molar refractivity (Wildman–Crippen MR) is 256 cm³/mol. The highest BCUT2D eigenvalue weighted by molar-refractivity contribution is 6.28. The number of pyridine rings is 1. The first-order valence-electron chi connectivity index (χ1n) is 21.2. The topological polar surface area (TPSA) is 7.65 Å². The van der Waals surface area contributed by atoms with Gasteiger partial charge in [0.15, 0.2) is 0 Å². The van der Waals surface area contributed by atoms with E-state index in [0.29, 0.717) is 0 Å². The molecule has 2 nitrogen and oxygen atoms in total. The van der Waals surface area contributed by atoms with Gasteiger partial charge in [-0.05, 0) is 92.2 Å². The molecule has 2 heteroatoms. The fourth-order valence-corrected chi connectivity index (χ4v) is 10.9. The van der Waals surface area contributed by atoms with Crippen LogP contribution in [0.1, 0.15) is 22.3 Å². The quantitative estimate of drug-likeness (QED) is 0.121. The maximum Gasteiger partial charge on any atom is 0.0714 e. The molecule has 0 N–H and O–H groups in total. The van der Waals surface area contributed by atoms with Crippen molar-refractivity contribution < 1.29 is 0 Å². The summed E-state index contributed by atoms with van der Waals surface area (Å²) in [6.45, 7) is 0. The first-order valence-corrected chi connectivity index (χ1v) is 21.2. The molecule has 0 radical (unpaired) electrons. The van der Waals surface area contributed by atoms with Crippen molar-refractivity contribution in [1.82, 2.24) is 4.40 Å². The highest BCUT2D eigenvalue weighted by Gasteiger charge is 2.47. The van der Waals surface area contributed by atoms with Gasteiger partial charge in [-0.15, -0.1) is 0 Å². The van der Waals surface area contributed by atoms with Crippen LogP contribution in [0.3, 0.4) is 0 Å². The Morgan fingerprint density at radius 2 is 1.00 bits per heavy atom. The zero-order valence-corrected chi connectivity index (χ0v) is 33.3. The van der Waals surface area contributed by atoms with Crippen LogP contribution in [-0.4, -0.2) is 4.40 Å². The first-order chi connectivity index (χ1) is 30.3. The number of benzene rings is 10. The maximum atomic E-state index is 2.51. The molecular formula is C59H38N2. The number of hydrogen-bond donors (Lipinski definition) is 0. The minimum Gasteiger partial charge on any atom is -0.310 e. The standard InChI is InChI=1S/C59H38N2/c1-4-17-39(18-5-1)41-20-14-25-44(37-41)60(45-34-36-54-50(38-45)48-35-33-40-19-15-28-47-46-26-11-13-31-53(46)61(54)58(48)56(40)47)55-32-16-30-52-57(55)49-27-10-12-29-51(49)59(52,42-21-6-2-7-22-42)43-23-8-3-9-24-43/h1-38H. The number of aromatic nitrogens is 1. The van der Waals surface area contributed by atoms with Crippen molar-refractivity contribution in [3.63, 3.8) is 0 Å². The van der Waals surface area contributed by atoms with Crippen molar-refractivity contribution in [1.29, 1.82) is 0 Å². The van der Waals surface area contributed by atoms with E-state index in [1.807, 2.05) is 0 Å². The molecule has 0 unspecified atom stereocenters. The Morgan fingerprint density at radius 1 is 0.377 bits per heavy atom. The molecule has 12 aromatic rings. The summed E-state index contributed by atoms with van der Waals surface area (Å²) < 4.78 is 2.50. The van der Waals surface area contributed by atoms with E-state index in [1.54, 1.807) is 0 Å². The monoisotopic (exact) mass is 774 g/mol. The van der Waals surface area contributed by atoms with E-state index in [4.69, 9.17) is 0 Å². The summed E-state index contributed by atoms with van der Waals surface area (Å²) >= 11 is 0. The van der Waals surface area contributed by atoms with Gasteiger partial charge in [0.25, 0.3) is 0 Å². The van der Waals surface area contributed by atoms with Crippen LogP contribution in [0.2, 0.25) is 0 Å².